The fraction of sp³-hybridized carbons (Fsp3) is 0.579. The van der Waals surface area contributed by atoms with Crippen molar-refractivity contribution in [2.75, 3.05) is 0 Å². The number of aryl methyl sites for hydroxylation is 2. The highest BCUT2D eigenvalue weighted by molar-refractivity contribution is 5.92. The summed E-state index contributed by atoms with van der Waals surface area (Å²) in [5, 5.41) is 2.97. The lowest BCUT2D eigenvalue weighted by molar-refractivity contribution is -0.129. The first-order valence-corrected chi connectivity index (χ1v) is 8.76. The molecule has 1 aromatic rings. The van der Waals surface area contributed by atoms with Crippen LogP contribution in [-0.2, 0) is 22.4 Å². The van der Waals surface area contributed by atoms with Crippen LogP contribution in [0.5, 0.6) is 0 Å². The molecule has 4 nitrogen and oxygen atoms in total. The topological polar surface area (TPSA) is 55.4 Å². The quantitative estimate of drug-likeness (QED) is 0.868. The van der Waals surface area contributed by atoms with Crippen LogP contribution < -0.4 is 5.32 Å². The average Bonchev–Trinajstić information content (AvgIpc) is 3.07. The Bertz CT molecular complexity index is 590. The second-order valence-electron chi connectivity index (χ2n) is 6.73. The van der Waals surface area contributed by atoms with E-state index in [1.807, 2.05) is 18.2 Å². The molecule has 23 heavy (non-hydrogen) atoms. The Labute approximate surface area is 137 Å². The maximum absolute atomic E-state index is 12.3. The van der Waals surface area contributed by atoms with Gasteiger partial charge in [0.1, 0.15) is 0 Å². The molecule has 2 aliphatic rings. The third kappa shape index (κ3) is 3.92. The molecule has 1 N–H and O–H groups in total. The zero-order chi connectivity index (χ0) is 16.2. The van der Waals surface area contributed by atoms with Crippen LogP contribution in [0.2, 0.25) is 0 Å². The van der Waals surface area contributed by atoms with Crippen LogP contribution in [0.1, 0.15) is 66.9 Å². The molecular weight excluding hydrogens is 290 g/mol. The van der Waals surface area contributed by atoms with E-state index >= 15 is 0 Å². The summed E-state index contributed by atoms with van der Waals surface area (Å²) < 4.78 is 5.35. The van der Waals surface area contributed by atoms with E-state index in [-0.39, 0.29) is 11.9 Å². The third-order valence-corrected chi connectivity index (χ3v) is 4.94. The number of fused-ring (bicyclic) bond motifs is 1. The molecule has 1 fully saturated rings. The van der Waals surface area contributed by atoms with Gasteiger partial charge in [0.05, 0.1) is 5.56 Å². The molecule has 4 heteroatoms. The lowest BCUT2D eigenvalue weighted by atomic mass is 9.90. The van der Waals surface area contributed by atoms with Crippen molar-refractivity contribution in [2.45, 2.75) is 70.4 Å². The molecule has 1 atom stereocenters. The van der Waals surface area contributed by atoms with Gasteiger partial charge < -0.3 is 10.1 Å². The predicted molar refractivity (Wildman–Crippen MR) is 88.4 cm³/mol. The van der Waals surface area contributed by atoms with Crippen molar-refractivity contribution in [1.82, 2.24) is 5.32 Å². The van der Waals surface area contributed by atoms with Crippen molar-refractivity contribution in [2.24, 2.45) is 0 Å². The van der Waals surface area contributed by atoms with Gasteiger partial charge in [0.15, 0.2) is 6.10 Å². The van der Waals surface area contributed by atoms with Crippen molar-refractivity contribution in [3.63, 3.8) is 0 Å². The maximum atomic E-state index is 12.3. The molecule has 0 saturated heterocycles. The Morgan fingerprint density at radius 2 is 1.78 bits per heavy atom. The fourth-order valence-corrected chi connectivity index (χ4v) is 3.53. The highest BCUT2D eigenvalue weighted by atomic mass is 16.5. The Kier molecular flexibility index (Phi) is 4.99. The lowest BCUT2D eigenvalue weighted by Gasteiger charge is -2.18. The second kappa shape index (κ2) is 7.16. The number of hydrogen-bond donors (Lipinski definition) is 1. The number of carbonyl (C=O) groups is 2. The number of amides is 1. The zero-order valence-corrected chi connectivity index (χ0v) is 13.8. The van der Waals surface area contributed by atoms with E-state index in [4.69, 9.17) is 4.74 Å². The number of ether oxygens (including phenoxy) is 1. The highest BCUT2D eigenvalue weighted by Gasteiger charge is 2.24. The standard InChI is InChI=1S/C19H25NO3/c1-13(18(21)20-17-8-4-5-9-17)23-19(22)16-11-10-14-6-2-3-7-15(14)12-16/h10-13,17H,2-9H2,1H3,(H,20,21)/t13-/m0/s1. The summed E-state index contributed by atoms with van der Waals surface area (Å²) >= 11 is 0. The highest BCUT2D eigenvalue weighted by Crippen LogP contribution is 2.23. The summed E-state index contributed by atoms with van der Waals surface area (Å²) in [6, 6.07) is 6.01. The van der Waals surface area contributed by atoms with E-state index in [0.29, 0.717) is 5.56 Å². The second-order valence-corrected chi connectivity index (χ2v) is 6.73. The first kappa shape index (κ1) is 16.0. The molecular formula is C19H25NO3. The molecule has 0 bridgehead atoms. The number of rotatable bonds is 4. The Hall–Kier alpha value is -1.84. The minimum absolute atomic E-state index is 0.191. The summed E-state index contributed by atoms with van der Waals surface area (Å²) in [5.41, 5.74) is 3.12. The maximum Gasteiger partial charge on any atom is 0.338 e. The SMILES string of the molecule is C[C@H](OC(=O)c1ccc2c(c1)CCCC2)C(=O)NC1CCCC1. The summed E-state index contributed by atoms with van der Waals surface area (Å²) in [6.07, 6.45) is 8.12. The number of esters is 1. The molecule has 0 aromatic heterocycles. The zero-order valence-electron chi connectivity index (χ0n) is 13.8. The van der Waals surface area contributed by atoms with Crippen LogP contribution in [0.3, 0.4) is 0 Å². The minimum Gasteiger partial charge on any atom is -0.449 e. The number of hydrogen-bond acceptors (Lipinski definition) is 3. The van der Waals surface area contributed by atoms with E-state index in [9.17, 15) is 9.59 Å². The number of benzene rings is 1. The van der Waals surface area contributed by atoms with E-state index in [2.05, 4.69) is 5.32 Å². The first-order chi connectivity index (χ1) is 11.1. The van der Waals surface area contributed by atoms with Crippen LogP contribution in [0.4, 0.5) is 0 Å². The smallest absolute Gasteiger partial charge is 0.338 e. The average molecular weight is 315 g/mol. The Balaban J connectivity index is 1.58. The van der Waals surface area contributed by atoms with E-state index in [1.54, 1.807) is 6.92 Å². The van der Waals surface area contributed by atoms with Crippen LogP contribution in [0.25, 0.3) is 0 Å². The van der Waals surface area contributed by atoms with Crippen LogP contribution in [0, 0.1) is 0 Å². The Morgan fingerprint density at radius 3 is 2.52 bits per heavy atom. The van der Waals surface area contributed by atoms with Crippen molar-refractivity contribution in [3.8, 4) is 0 Å². The molecule has 0 unspecified atom stereocenters. The molecule has 1 aromatic carbocycles. The predicted octanol–water partition coefficient (Wildman–Crippen LogP) is 3.17. The molecule has 0 heterocycles. The van der Waals surface area contributed by atoms with Crippen LogP contribution in [-0.4, -0.2) is 24.0 Å². The van der Waals surface area contributed by atoms with E-state index < -0.39 is 12.1 Å². The molecule has 0 radical (unpaired) electrons. The van der Waals surface area contributed by atoms with Crippen molar-refractivity contribution < 1.29 is 14.3 Å². The van der Waals surface area contributed by atoms with Crippen LogP contribution in [0.15, 0.2) is 18.2 Å². The van der Waals surface area contributed by atoms with Crippen LogP contribution >= 0.6 is 0 Å². The van der Waals surface area contributed by atoms with Crippen molar-refractivity contribution in [1.29, 1.82) is 0 Å². The molecule has 0 aliphatic heterocycles. The van der Waals surface area contributed by atoms with Crippen molar-refractivity contribution in [3.05, 3.63) is 34.9 Å². The largest absolute Gasteiger partial charge is 0.449 e. The van der Waals surface area contributed by atoms with Gasteiger partial charge in [-0.2, -0.15) is 0 Å². The number of nitrogens with one attached hydrogen (secondary N) is 1. The number of carbonyl (C=O) groups excluding carboxylic acids is 2. The van der Waals surface area contributed by atoms with Gasteiger partial charge in [-0.15, -0.1) is 0 Å². The van der Waals surface area contributed by atoms with E-state index in [1.165, 1.54) is 24.0 Å². The normalized spacial score (nSPS) is 19.0. The first-order valence-electron chi connectivity index (χ1n) is 8.76. The van der Waals surface area contributed by atoms with Gasteiger partial charge in [-0.25, -0.2) is 4.79 Å². The Morgan fingerprint density at radius 1 is 1.09 bits per heavy atom. The summed E-state index contributed by atoms with van der Waals surface area (Å²) in [4.78, 5) is 24.4. The summed E-state index contributed by atoms with van der Waals surface area (Å²) in [6.45, 7) is 1.64. The molecule has 3 rings (SSSR count). The minimum atomic E-state index is -0.751. The van der Waals surface area contributed by atoms with Crippen molar-refractivity contribution >= 4 is 11.9 Å². The monoisotopic (exact) mass is 315 g/mol. The molecule has 2 aliphatic carbocycles. The van der Waals surface area contributed by atoms with Gasteiger partial charge in [-0.3, -0.25) is 4.79 Å². The van der Waals surface area contributed by atoms with Gasteiger partial charge in [0, 0.05) is 6.04 Å². The van der Waals surface area contributed by atoms with Gasteiger partial charge >= 0.3 is 5.97 Å². The van der Waals surface area contributed by atoms with Gasteiger partial charge in [-0.1, -0.05) is 18.9 Å². The molecule has 1 saturated carbocycles. The van der Waals surface area contributed by atoms with E-state index in [0.717, 1.165) is 38.5 Å². The summed E-state index contributed by atoms with van der Waals surface area (Å²) in [5.74, 6) is -0.601. The lowest BCUT2D eigenvalue weighted by Crippen LogP contribution is -2.40. The molecule has 124 valence electrons. The van der Waals surface area contributed by atoms with Gasteiger partial charge in [0.2, 0.25) is 0 Å². The molecule has 1 amide bonds. The third-order valence-electron chi connectivity index (χ3n) is 4.94. The fourth-order valence-electron chi connectivity index (χ4n) is 3.53. The molecule has 0 spiro atoms. The van der Waals surface area contributed by atoms with Gasteiger partial charge in [-0.05, 0) is 68.7 Å². The van der Waals surface area contributed by atoms with Gasteiger partial charge in [0.25, 0.3) is 5.91 Å². The summed E-state index contributed by atoms with van der Waals surface area (Å²) in [7, 11) is 0.